The topological polar surface area (TPSA) is 94.6 Å². The predicted octanol–water partition coefficient (Wildman–Crippen LogP) is 6.68. The summed E-state index contributed by atoms with van der Waals surface area (Å²) in [6, 6.07) is 19.9. The smallest absolute Gasteiger partial charge is 0.141 e. The van der Waals surface area contributed by atoms with Gasteiger partial charge in [-0.05, 0) is 91.1 Å². The SMILES string of the molecule is CCc1ccc(CN2CCC(Cc3ccc(N(C=N)C(=N)c4cc(C(C)C)c(O)cc4O)cc3)CC2)cc1. The van der Waals surface area contributed by atoms with Gasteiger partial charge in [0.2, 0.25) is 0 Å². The second kappa shape index (κ2) is 12.3. The molecular weight excluding hydrogens is 472 g/mol. The third-order valence-corrected chi connectivity index (χ3v) is 7.68. The number of likely N-dealkylation sites (tertiary alicyclic amines) is 1. The Morgan fingerprint density at radius 2 is 1.55 bits per heavy atom. The highest BCUT2D eigenvalue weighted by Gasteiger charge is 2.21. The van der Waals surface area contributed by atoms with Crippen molar-refractivity contribution in [3.05, 3.63) is 88.5 Å². The third-order valence-electron chi connectivity index (χ3n) is 7.68. The van der Waals surface area contributed by atoms with Crippen LogP contribution in [0.3, 0.4) is 0 Å². The van der Waals surface area contributed by atoms with Crippen LogP contribution in [0.4, 0.5) is 5.69 Å². The number of anilines is 1. The first-order chi connectivity index (χ1) is 18.3. The van der Waals surface area contributed by atoms with Crippen molar-refractivity contribution in [3.8, 4) is 11.5 Å². The van der Waals surface area contributed by atoms with E-state index in [1.807, 2.05) is 26.0 Å². The second-order valence-electron chi connectivity index (χ2n) is 10.7. The number of hydrogen-bond acceptors (Lipinski definition) is 5. The van der Waals surface area contributed by atoms with Gasteiger partial charge in [-0.25, -0.2) is 0 Å². The molecule has 3 aromatic carbocycles. The highest BCUT2D eigenvalue weighted by molar-refractivity contribution is 6.18. The van der Waals surface area contributed by atoms with Crippen LogP contribution in [0.1, 0.15) is 67.3 Å². The van der Waals surface area contributed by atoms with E-state index in [1.54, 1.807) is 6.07 Å². The standard InChI is InChI=1S/C32H40N4O2/c1-4-23-5-7-26(8-6-23)20-35-15-13-25(14-16-35)17-24-9-11-27(12-10-24)36(21-33)32(34)29-18-28(22(2)3)30(37)19-31(29)38/h5-12,18-19,21-22,25,33-34,37-38H,4,13-17,20H2,1-3H3. The zero-order valence-electron chi connectivity index (χ0n) is 22.7. The van der Waals surface area contributed by atoms with Crippen LogP contribution in [0.25, 0.3) is 0 Å². The Hall–Kier alpha value is -3.64. The molecule has 0 amide bonds. The Morgan fingerprint density at radius 1 is 0.947 bits per heavy atom. The Kier molecular flexibility index (Phi) is 8.85. The normalized spacial score (nSPS) is 14.5. The lowest BCUT2D eigenvalue weighted by Crippen LogP contribution is -2.33. The van der Waals surface area contributed by atoms with Gasteiger partial charge < -0.3 is 10.2 Å². The fourth-order valence-electron chi connectivity index (χ4n) is 5.26. The van der Waals surface area contributed by atoms with Crippen molar-refractivity contribution >= 4 is 17.9 Å². The van der Waals surface area contributed by atoms with E-state index in [9.17, 15) is 10.2 Å². The number of aromatic hydroxyl groups is 2. The number of amidine groups is 1. The van der Waals surface area contributed by atoms with E-state index in [1.165, 1.54) is 40.5 Å². The number of phenolic OH excluding ortho intramolecular Hbond substituents is 2. The van der Waals surface area contributed by atoms with Crippen molar-refractivity contribution in [3.63, 3.8) is 0 Å². The number of piperidine rings is 1. The number of phenols is 2. The van der Waals surface area contributed by atoms with E-state index >= 15 is 0 Å². The van der Waals surface area contributed by atoms with Crippen molar-refractivity contribution in [1.29, 1.82) is 10.8 Å². The lowest BCUT2D eigenvalue weighted by atomic mass is 9.90. The van der Waals surface area contributed by atoms with E-state index < -0.39 is 0 Å². The molecule has 38 heavy (non-hydrogen) atoms. The molecule has 0 aromatic heterocycles. The monoisotopic (exact) mass is 512 g/mol. The Bertz CT molecular complexity index is 1240. The van der Waals surface area contributed by atoms with Crippen LogP contribution in [-0.4, -0.2) is 40.4 Å². The minimum Gasteiger partial charge on any atom is -0.508 e. The summed E-state index contributed by atoms with van der Waals surface area (Å²) >= 11 is 0. The largest absolute Gasteiger partial charge is 0.508 e. The van der Waals surface area contributed by atoms with Gasteiger partial charge in [0.15, 0.2) is 0 Å². The molecule has 0 aliphatic carbocycles. The molecule has 6 heteroatoms. The molecule has 0 atom stereocenters. The van der Waals surface area contributed by atoms with Crippen molar-refractivity contribution in [1.82, 2.24) is 4.90 Å². The minimum atomic E-state index is -0.176. The Labute approximate surface area is 226 Å². The van der Waals surface area contributed by atoms with E-state index in [0.717, 1.165) is 38.8 Å². The summed E-state index contributed by atoms with van der Waals surface area (Å²) in [5, 5.41) is 37.2. The zero-order valence-corrected chi connectivity index (χ0v) is 22.7. The molecule has 1 aliphatic heterocycles. The number of nitrogens with one attached hydrogen (secondary N) is 2. The van der Waals surface area contributed by atoms with E-state index in [2.05, 4.69) is 48.2 Å². The van der Waals surface area contributed by atoms with Gasteiger partial charge in [0.25, 0.3) is 0 Å². The molecule has 4 rings (SSSR count). The minimum absolute atomic E-state index is 0.0103. The van der Waals surface area contributed by atoms with Crippen molar-refractivity contribution in [2.24, 2.45) is 5.92 Å². The zero-order chi connectivity index (χ0) is 27.2. The highest BCUT2D eigenvalue weighted by Crippen LogP contribution is 2.33. The van der Waals surface area contributed by atoms with Gasteiger partial charge in [-0.3, -0.25) is 20.6 Å². The van der Waals surface area contributed by atoms with Gasteiger partial charge in [-0.2, -0.15) is 0 Å². The predicted molar refractivity (Wildman–Crippen MR) is 156 cm³/mol. The summed E-state index contributed by atoms with van der Waals surface area (Å²) in [5.41, 5.74) is 5.66. The van der Waals surface area contributed by atoms with Crippen LogP contribution < -0.4 is 4.90 Å². The molecule has 3 aromatic rings. The van der Waals surface area contributed by atoms with Gasteiger partial charge in [0.1, 0.15) is 17.3 Å². The van der Waals surface area contributed by atoms with E-state index in [0.29, 0.717) is 17.2 Å². The maximum absolute atomic E-state index is 10.4. The number of hydrogen-bond donors (Lipinski definition) is 4. The summed E-state index contributed by atoms with van der Waals surface area (Å²) in [6.45, 7) is 9.33. The molecule has 1 aliphatic rings. The number of nitrogens with zero attached hydrogens (tertiary/aromatic N) is 2. The first-order valence-corrected chi connectivity index (χ1v) is 13.6. The second-order valence-corrected chi connectivity index (χ2v) is 10.7. The van der Waals surface area contributed by atoms with Crippen LogP contribution in [-0.2, 0) is 19.4 Å². The first-order valence-electron chi connectivity index (χ1n) is 13.6. The Balaban J connectivity index is 1.35. The molecule has 0 spiro atoms. The fraction of sp³-hybridized carbons (Fsp3) is 0.375. The van der Waals surface area contributed by atoms with Gasteiger partial charge in [-0.1, -0.05) is 57.2 Å². The van der Waals surface area contributed by atoms with Gasteiger partial charge >= 0.3 is 0 Å². The van der Waals surface area contributed by atoms with E-state index in [4.69, 9.17) is 10.8 Å². The molecule has 200 valence electrons. The summed E-state index contributed by atoms with van der Waals surface area (Å²) < 4.78 is 0. The molecule has 6 nitrogen and oxygen atoms in total. The van der Waals surface area contributed by atoms with Crippen molar-refractivity contribution in [2.75, 3.05) is 18.0 Å². The first kappa shape index (κ1) is 27.4. The molecule has 1 saturated heterocycles. The highest BCUT2D eigenvalue weighted by atomic mass is 16.3. The van der Waals surface area contributed by atoms with Crippen LogP contribution >= 0.6 is 0 Å². The van der Waals surface area contributed by atoms with E-state index in [-0.39, 0.29) is 28.8 Å². The van der Waals surface area contributed by atoms with Crippen LogP contribution in [0, 0.1) is 16.7 Å². The Morgan fingerprint density at radius 3 is 2.13 bits per heavy atom. The lowest BCUT2D eigenvalue weighted by Gasteiger charge is -2.32. The van der Waals surface area contributed by atoms with Crippen LogP contribution in [0.5, 0.6) is 11.5 Å². The summed E-state index contributed by atoms with van der Waals surface area (Å²) in [4.78, 5) is 3.99. The summed E-state index contributed by atoms with van der Waals surface area (Å²) in [5.74, 6) is 0.513. The van der Waals surface area contributed by atoms with Crippen molar-refractivity contribution in [2.45, 2.75) is 58.9 Å². The molecule has 4 N–H and O–H groups in total. The van der Waals surface area contributed by atoms with Gasteiger partial charge in [0.05, 0.1) is 11.9 Å². The molecule has 0 unspecified atom stereocenters. The van der Waals surface area contributed by atoms with Crippen molar-refractivity contribution < 1.29 is 10.2 Å². The summed E-state index contributed by atoms with van der Waals surface area (Å²) in [6.07, 6.45) is 5.56. The number of rotatable bonds is 9. The molecule has 0 saturated carbocycles. The summed E-state index contributed by atoms with van der Waals surface area (Å²) in [7, 11) is 0. The maximum Gasteiger partial charge on any atom is 0.141 e. The molecule has 1 heterocycles. The molecule has 1 fully saturated rings. The third kappa shape index (κ3) is 6.43. The average Bonchev–Trinajstić information content (AvgIpc) is 2.91. The molecule has 0 radical (unpaired) electrons. The average molecular weight is 513 g/mol. The van der Waals surface area contributed by atoms with Gasteiger partial charge in [0, 0.05) is 18.3 Å². The maximum atomic E-state index is 10.4. The van der Waals surface area contributed by atoms with Gasteiger partial charge in [-0.15, -0.1) is 0 Å². The molecule has 0 bridgehead atoms. The van der Waals surface area contributed by atoms with Crippen LogP contribution in [0.2, 0.25) is 0 Å². The number of aryl methyl sites for hydroxylation is 1. The fourth-order valence-corrected chi connectivity index (χ4v) is 5.26. The quantitative estimate of drug-likeness (QED) is 0.190. The molecular formula is C32H40N4O2. The lowest BCUT2D eigenvalue weighted by molar-refractivity contribution is 0.177. The number of benzene rings is 3. The van der Waals surface area contributed by atoms with Crippen LogP contribution in [0.15, 0.2) is 60.7 Å².